The Morgan fingerprint density at radius 3 is 2.11 bits per heavy atom. The van der Waals surface area contributed by atoms with Crippen molar-refractivity contribution in [1.82, 2.24) is 10.2 Å². The molecule has 11 heteroatoms. The van der Waals surface area contributed by atoms with Gasteiger partial charge in [-0.3, -0.25) is 13.9 Å². The Kier molecular flexibility index (Phi) is 12.1. The van der Waals surface area contributed by atoms with Gasteiger partial charge in [0.05, 0.1) is 24.3 Å². The number of nitrogens with one attached hydrogen (secondary N) is 1. The summed E-state index contributed by atoms with van der Waals surface area (Å²) in [5.41, 5.74) is 1.06. The van der Waals surface area contributed by atoms with E-state index in [1.54, 1.807) is 43.5 Å². The van der Waals surface area contributed by atoms with E-state index in [0.29, 0.717) is 29.5 Å². The number of rotatable bonds is 14. The first-order valence-electron chi connectivity index (χ1n) is 15.4. The van der Waals surface area contributed by atoms with Gasteiger partial charge in [-0.2, -0.15) is 0 Å². The number of halogens is 1. The third-order valence-corrected chi connectivity index (χ3v) is 10.0. The normalized spacial score (nSPS) is 14.3. The first-order valence-corrected chi connectivity index (χ1v) is 17.2. The molecule has 1 aliphatic rings. The number of hydrogen-bond acceptors (Lipinski definition) is 6. The molecule has 1 aliphatic carbocycles. The van der Waals surface area contributed by atoms with Crippen molar-refractivity contribution in [2.45, 2.75) is 75.9 Å². The minimum atomic E-state index is -4.21. The minimum Gasteiger partial charge on any atom is -0.497 e. The lowest BCUT2D eigenvalue weighted by atomic mass is 9.95. The summed E-state index contributed by atoms with van der Waals surface area (Å²) in [6.07, 6.45) is 5.41. The molecule has 3 aromatic rings. The zero-order valence-electron chi connectivity index (χ0n) is 26.1. The van der Waals surface area contributed by atoms with Gasteiger partial charge in [-0.05, 0) is 92.4 Å². The van der Waals surface area contributed by atoms with E-state index in [4.69, 9.17) is 21.1 Å². The van der Waals surface area contributed by atoms with Crippen molar-refractivity contribution in [2.24, 2.45) is 0 Å². The Labute approximate surface area is 271 Å². The highest BCUT2D eigenvalue weighted by Gasteiger charge is 2.34. The van der Waals surface area contributed by atoms with Crippen molar-refractivity contribution in [3.05, 3.63) is 83.4 Å². The van der Waals surface area contributed by atoms with Crippen LogP contribution in [-0.4, -0.2) is 57.5 Å². The molecule has 0 heterocycles. The minimum absolute atomic E-state index is 0.0163. The number of anilines is 1. The first-order chi connectivity index (χ1) is 21.7. The van der Waals surface area contributed by atoms with Crippen LogP contribution in [0.2, 0.25) is 5.02 Å². The zero-order valence-corrected chi connectivity index (χ0v) is 27.6. The molecular weight excluding hydrogens is 614 g/mol. The molecule has 0 aromatic heterocycles. The smallest absolute Gasteiger partial charge is 0.264 e. The molecule has 1 atom stereocenters. The molecule has 0 aliphatic heterocycles. The average molecular weight is 656 g/mol. The molecule has 242 valence electrons. The first kappa shape index (κ1) is 34.1. The van der Waals surface area contributed by atoms with Gasteiger partial charge in [-0.1, -0.05) is 49.9 Å². The molecule has 2 amide bonds. The van der Waals surface area contributed by atoms with Gasteiger partial charge in [0.15, 0.2) is 0 Å². The highest BCUT2D eigenvalue weighted by molar-refractivity contribution is 7.92. The maximum atomic E-state index is 14.3. The fraction of sp³-hybridized carbons (Fsp3) is 0.412. The maximum absolute atomic E-state index is 14.3. The van der Waals surface area contributed by atoms with Crippen molar-refractivity contribution >= 4 is 39.1 Å². The van der Waals surface area contributed by atoms with Crippen LogP contribution in [0.4, 0.5) is 5.69 Å². The van der Waals surface area contributed by atoms with Crippen LogP contribution in [0, 0.1) is 0 Å². The maximum Gasteiger partial charge on any atom is 0.264 e. The van der Waals surface area contributed by atoms with E-state index in [1.165, 1.54) is 29.2 Å². The van der Waals surface area contributed by atoms with Crippen LogP contribution in [0.5, 0.6) is 11.5 Å². The summed E-state index contributed by atoms with van der Waals surface area (Å²) in [6.45, 7) is 3.75. The monoisotopic (exact) mass is 655 g/mol. The van der Waals surface area contributed by atoms with E-state index in [2.05, 4.69) is 5.32 Å². The Morgan fingerprint density at radius 2 is 1.53 bits per heavy atom. The fourth-order valence-corrected chi connectivity index (χ4v) is 7.07. The summed E-state index contributed by atoms with van der Waals surface area (Å²) >= 11 is 6.05. The summed E-state index contributed by atoms with van der Waals surface area (Å²) in [5, 5.41) is 3.55. The van der Waals surface area contributed by atoms with E-state index in [1.807, 2.05) is 26.0 Å². The molecule has 4 rings (SSSR count). The number of amides is 2. The molecule has 1 fully saturated rings. The third kappa shape index (κ3) is 8.92. The van der Waals surface area contributed by atoms with E-state index < -0.39 is 28.5 Å². The van der Waals surface area contributed by atoms with Crippen LogP contribution in [0.1, 0.15) is 57.9 Å². The Hall–Kier alpha value is -3.76. The summed E-state index contributed by atoms with van der Waals surface area (Å²) < 4.78 is 40.0. The Bertz CT molecular complexity index is 1510. The number of benzene rings is 3. The number of methoxy groups -OCH3 is 1. The summed E-state index contributed by atoms with van der Waals surface area (Å²) in [7, 11) is -2.64. The van der Waals surface area contributed by atoms with Crippen LogP contribution in [-0.2, 0) is 26.2 Å². The van der Waals surface area contributed by atoms with E-state index >= 15 is 0 Å². The average Bonchev–Trinajstić information content (AvgIpc) is 3.05. The molecule has 1 saturated carbocycles. The van der Waals surface area contributed by atoms with E-state index in [-0.39, 0.29) is 29.1 Å². The molecule has 9 nitrogen and oxygen atoms in total. The van der Waals surface area contributed by atoms with Crippen molar-refractivity contribution in [2.75, 3.05) is 24.6 Å². The molecule has 0 radical (unpaired) electrons. The lowest BCUT2D eigenvalue weighted by molar-refractivity contribution is -0.140. The highest BCUT2D eigenvalue weighted by Crippen LogP contribution is 2.28. The summed E-state index contributed by atoms with van der Waals surface area (Å²) in [4.78, 5) is 29.5. The number of carbonyl (C=O) groups is 2. The summed E-state index contributed by atoms with van der Waals surface area (Å²) in [5.74, 6) is 0.486. The van der Waals surface area contributed by atoms with Crippen molar-refractivity contribution in [3.63, 3.8) is 0 Å². The Balaban J connectivity index is 1.70. The van der Waals surface area contributed by atoms with Gasteiger partial charge in [0.25, 0.3) is 10.0 Å². The van der Waals surface area contributed by atoms with Gasteiger partial charge >= 0.3 is 0 Å². The number of nitrogens with zero attached hydrogens (tertiary/aromatic N) is 2. The van der Waals surface area contributed by atoms with Crippen LogP contribution in [0.25, 0.3) is 0 Å². The molecule has 0 bridgehead atoms. The molecule has 0 spiro atoms. The topological polar surface area (TPSA) is 105 Å². The van der Waals surface area contributed by atoms with Gasteiger partial charge in [0, 0.05) is 17.6 Å². The van der Waals surface area contributed by atoms with E-state index in [9.17, 15) is 18.0 Å². The van der Waals surface area contributed by atoms with Crippen molar-refractivity contribution in [3.8, 4) is 11.5 Å². The fourth-order valence-electron chi connectivity index (χ4n) is 5.53. The second-order valence-corrected chi connectivity index (χ2v) is 13.3. The number of sulfonamides is 1. The third-order valence-electron chi connectivity index (χ3n) is 7.97. The molecule has 45 heavy (non-hydrogen) atoms. The van der Waals surface area contributed by atoms with Crippen molar-refractivity contribution < 1.29 is 27.5 Å². The quantitative estimate of drug-likeness (QED) is 0.222. The lowest BCUT2D eigenvalue weighted by Gasteiger charge is -2.34. The van der Waals surface area contributed by atoms with Crippen LogP contribution >= 0.6 is 11.6 Å². The second kappa shape index (κ2) is 16.0. The molecule has 1 N–H and O–H groups in total. The molecule has 0 saturated heterocycles. The number of hydrogen-bond donors (Lipinski definition) is 1. The predicted octanol–water partition coefficient (Wildman–Crippen LogP) is 6.20. The van der Waals surface area contributed by atoms with Crippen molar-refractivity contribution in [1.29, 1.82) is 0 Å². The van der Waals surface area contributed by atoms with Gasteiger partial charge in [-0.25, -0.2) is 8.42 Å². The second-order valence-electron chi connectivity index (χ2n) is 11.0. The standard InChI is InChI=1S/C34H42ClN3O6S/c1-4-32(34(40)36-27-9-7-6-8-10-27)37(23-25-11-17-29(43-3)18-12-25)33(39)24-38(28-15-19-30(20-16-28)44-5-2)45(41,42)31-21-13-26(35)14-22-31/h11-22,27,32H,4-10,23-24H2,1-3H3,(H,36,40)/t32-/m1/s1. The van der Waals surface area contributed by atoms with Gasteiger partial charge in [-0.15, -0.1) is 0 Å². The Morgan fingerprint density at radius 1 is 0.911 bits per heavy atom. The zero-order chi connectivity index (χ0) is 32.4. The highest BCUT2D eigenvalue weighted by atomic mass is 35.5. The predicted molar refractivity (Wildman–Crippen MR) is 176 cm³/mol. The SMILES string of the molecule is CCOc1ccc(N(CC(=O)N(Cc2ccc(OC)cc2)[C@H](CC)C(=O)NC2CCCCC2)S(=O)(=O)c2ccc(Cl)cc2)cc1. The summed E-state index contributed by atoms with van der Waals surface area (Å²) in [6, 6.07) is 18.8. The van der Waals surface area contributed by atoms with Crippen LogP contribution in [0.3, 0.4) is 0 Å². The molecule has 0 unspecified atom stereocenters. The molecular formula is C34H42ClN3O6S. The largest absolute Gasteiger partial charge is 0.497 e. The number of ether oxygens (including phenoxy) is 2. The van der Waals surface area contributed by atoms with Gasteiger partial charge < -0.3 is 19.7 Å². The van der Waals surface area contributed by atoms with Gasteiger partial charge in [0.2, 0.25) is 11.8 Å². The van der Waals surface area contributed by atoms with E-state index in [0.717, 1.165) is 42.0 Å². The lowest BCUT2D eigenvalue weighted by Crippen LogP contribution is -2.54. The van der Waals surface area contributed by atoms with Crippen LogP contribution in [0.15, 0.2) is 77.7 Å². The number of carbonyl (C=O) groups excluding carboxylic acids is 2. The van der Waals surface area contributed by atoms with Gasteiger partial charge in [0.1, 0.15) is 24.1 Å². The molecule has 3 aromatic carbocycles. The van der Waals surface area contributed by atoms with Crippen LogP contribution < -0.4 is 19.1 Å².